The Kier molecular flexibility index (Phi) is 2.52. The average molecular weight is 230 g/mol. The molecule has 4 nitrogen and oxygen atoms in total. The number of nitrogens with zero attached hydrogens (tertiary/aromatic N) is 2. The van der Waals surface area contributed by atoms with E-state index < -0.39 is 0 Å². The fourth-order valence-corrected chi connectivity index (χ4v) is 2.63. The maximum atomic E-state index is 4.69. The van der Waals surface area contributed by atoms with Crippen molar-refractivity contribution in [3.63, 3.8) is 0 Å². The largest absolute Gasteiger partial charge is 0.367 e. The third-order valence-electron chi connectivity index (χ3n) is 3.64. The van der Waals surface area contributed by atoms with Crippen molar-refractivity contribution in [2.45, 2.75) is 25.8 Å². The highest BCUT2D eigenvalue weighted by Gasteiger charge is 2.25. The first-order chi connectivity index (χ1) is 8.27. The van der Waals surface area contributed by atoms with Crippen molar-refractivity contribution in [3.8, 4) is 11.1 Å². The van der Waals surface area contributed by atoms with E-state index in [0.717, 1.165) is 6.54 Å². The molecule has 2 N–H and O–H groups in total. The topological polar surface area (TPSA) is 45.6 Å². The van der Waals surface area contributed by atoms with Crippen molar-refractivity contribution in [1.82, 2.24) is 20.1 Å². The van der Waals surface area contributed by atoms with Crippen LogP contribution in [0.3, 0.4) is 0 Å². The van der Waals surface area contributed by atoms with Crippen molar-refractivity contribution in [1.29, 1.82) is 0 Å². The lowest BCUT2D eigenvalue weighted by Gasteiger charge is -2.09. The van der Waals surface area contributed by atoms with E-state index >= 15 is 0 Å². The molecule has 0 spiro atoms. The van der Waals surface area contributed by atoms with E-state index in [1.54, 1.807) is 0 Å². The van der Waals surface area contributed by atoms with Crippen molar-refractivity contribution in [2.75, 3.05) is 6.54 Å². The van der Waals surface area contributed by atoms with Crippen LogP contribution in [0.4, 0.5) is 0 Å². The first-order valence-electron chi connectivity index (χ1n) is 6.17. The summed E-state index contributed by atoms with van der Waals surface area (Å²) in [6.07, 6.45) is 6.44. The summed E-state index contributed by atoms with van der Waals surface area (Å²) in [5, 5.41) is 8.22. The van der Waals surface area contributed by atoms with Gasteiger partial charge in [0.05, 0.1) is 11.7 Å². The van der Waals surface area contributed by atoms with Crippen LogP contribution in [0.15, 0.2) is 18.5 Å². The predicted octanol–water partition coefficient (Wildman–Crippen LogP) is 2.15. The minimum atomic E-state index is 0.416. The molecule has 1 unspecified atom stereocenters. The van der Waals surface area contributed by atoms with Crippen LogP contribution < -0.4 is 5.32 Å². The van der Waals surface area contributed by atoms with Crippen LogP contribution >= 0.6 is 0 Å². The molecule has 17 heavy (non-hydrogen) atoms. The summed E-state index contributed by atoms with van der Waals surface area (Å²) in [5.41, 5.74) is 4.95. The van der Waals surface area contributed by atoms with Gasteiger partial charge in [-0.2, -0.15) is 5.10 Å². The second kappa shape index (κ2) is 4.04. The van der Waals surface area contributed by atoms with E-state index in [1.807, 2.05) is 24.1 Å². The maximum Gasteiger partial charge on any atom is 0.0875 e. The smallest absolute Gasteiger partial charge is 0.0875 e. The molecule has 3 rings (SSSR count). The molecule has 0 aromatic carbocycles. The van der Waals surface area contributed by atoms with E-state index in [0.29, 0.717) is 6.04 Å². The van der Waals surface area contributed by atoms with Crippen LogP contribution in [0.5, 0.6) is 0 Å². The van der Waals surface area contributed by atoms with Crippen LogP contribution in [-0.4, -0.2) is 21.3 Å². The molecule has 0 amide bonds. The van der Waals surface area contributed by atoms with Gasteiger partial charge in [-0.05, 0) is 32.4 Å². The second-order valence-corrected chi connectivity index (χ2v) is 4.72. The van der Waals surface area contributed by atoms with Crippen LogP contribution in [0, 0.1) is 6.92 Å². The Balaban J connectivity index is 2.11. The molecule has 0 radical (unpaired) electrons. The van der Waals surface area contributed by atoms with Gasteiger partial charge in [-0.25, -0.2) is 0 Å². The molecule has 2 aromatic rings. The lowest BCUT2D eigenvalue weighted by Crippen LogP contribution is -2.14. The summed E-state index contributed by atoms with van der Waals surface area (Å²) < 4.78 is 1.98. The Bertz CT molecular complexity index is 504. The zero-order chi connectivity index (χ0) is 11.8. The molecule has 1 atom stereocenters. The number of H-pyrrole nitrogens is 1. The minimum absolute atomic E-state index is 0.416. The van der Waals surface area contributed by atoms with Gasteiger partial charge in [0.15, 0.2) is 0 Å². The molecule has 0 bridgehead atoms. The highest BCUT2D eigenvalue weighted by molar-refractivity contribution is 5.68. The standard InChI is InChI=1S/C13H18N4/c1-9-12(10-5-7-14-8-10)13(16-17(9)2)11-4-3-6-15-11/h5,7-8,11,14-15H,3-4,6H2,1-2H3. The first-order valence-corrected chi connectivity index (χ1v) is 6.17. The maximum absolute atomic E-state index is 4.69. The van der Waals surface area contributed by atoms with E-state index in [4.69, 9.17) is 0 Å². The molecule has 1 aliphatic heterocycles. The van der Waals surface area contributed by atoms with Gasteiger partial charge >= 0.3 is 0 Å². The molecule has 0 aliphatic carbocycles. The molecule has 4 heteroatoms. The Hall–Kier alpha value is -1.55. The van der Waals surface area contributed by atoms with Crippen LogP contribution in [0.25, 0.3) is 11.1 Å². The lowest BCUT2D eigenvalue weighted by atomic mass is 10.0. The monoisotopic (exact) mass is 230 g/mol. The van der Waals surface area contributed by atoms with Gasteiger partial charge in [0.2, 0.25) is 0 Å². The SMILES string of the molecule is Cc1c(-c2cc[nH]c2)c(C2CCCN2)nn1C. The normalized spacial score (nSPS) is 20.0. The molecule has 3 heterocycles. The molecule has 1 fully saturated rings. The van der Waals surface area contributed by atoms with Crippen LogP contribution in [0.2, 0.25) is 0 Å². The quantitative estimate of drug-likeness (QED) is 0.830. The van der Waals surface area contributed by atoms with Gasteiger partial charge in [0.25, 0.3) is 0 Å². The second-order valence-electron chi connectivity index (χ2n) is 4.72. The Morgan fingerprint density at radius 3 is 3.00 bits per heavy atom. The molecule has 90 valence electrons. The summed E-state index contributed by atoms with van der Waals surface area (Å²) in [5.74, 6) is 0. The van der Waals surface area contributed by atoms with E-state index in [-0.39, 0.29) is 0 Å². The highest BCUT2D eigenvalue weighted by atomic mass is 15.3. The highest BCUT2D eigenvalue weighted by Crippen LogP contribution is 2.33. The van der Waals surface area contributed by atoms with Crippen molar-refractivity contribution >= 4 is 0 Å². The van der Waals surface area contributed by atoms with E-state index in [2.05, 4.69) is 28.4 Å². The molecular formula is C13H18N4. The van der Waals surface area contributed by atoms with E-state index in [1.165, 1.54) is 35.4 Å². The van der Waals surface area contributed by atoms with Gasteiger partial charge < -0.3 is 10.3 Å². The molecule has 1 aliphatic rings. The van der Waals surface area contributed by atoms with Gasteiger partial charge in [0, 0.05) is 36.3 Å². The summed E-state index contributed by atoms with van der Waals surface area (Å²) in [4.78, 5) is 3.13. The number of aromatic nitrogens is 3. The summed E-state index contributed by atoms with van der Waals surface area (Å²) >= 11 is 0. The van der Waals surface area contributed by atoms with Crippen LogP contribution in [-0.2, 0) is 7.05 Å². The Morgan fingerprint density at radius 2 is 2.35 bits per heavy atom. The average Bonchev–Trinajstić information content (AvgIpc) is 3.01. The minimum Gasteiger partial charge on any atom is -0.367 e. The molecule has 1 saturated heterocycles. The molecule has 0 saturated carbocycles. The predicted molar refractivity (Wildman–Crippen MR) is 67.7 cm³/mol. The van der Waals surface area contributed by atoms with Crippen molar-refractivity contribution in [3.05, 3.63) is 29.8 Å². The number of aryl methyl sites for hydroxylation is 1. The zero-order valence-corrected chi connectivity index (χ0v) is 10.3. The lowest BCUT2D eigenvalue weighted by molar-refractivity contribution is 0.605. The first kappa shape index (κ1) is 10.6. The summed E-state index contributed by atoms with van der Waals surface area (Å²) in [6.45, 7) is 3.24. The molecular weight excluding hydrogens is 212 g/mol. The number of aromatic amines is 1. The number of rotatable bonds is 2. The van der Waals surface area contributed by atoms with Gasteiger partial charge in [-0.1, -0.05) is 0 Å². The fourth-order valence-electron chi connectivity index (χ4n) is 2.63. The third-order valence-corrected chi connectivity index (χ3v) is 3.64. The summed E-state index contributed by atoms with van der Waals surface area (Å²) in [6, 6.07) is 2.53. The van der Waals surface area contributed by atoms with E-state index in [9.17, 15) is 0 Å². The number of hydrogen-bond donors (Lipinski definition) is 2. The van der Waals surface area contributed by atoms with Gasteiger partial charge in [-0.15, -0.1) is 0 Å². The Labute approximate surface area is 101 Å². The zero-order valence-electron chi connectivity index (χ0n) is 10.3. The molecule has 2 aromatic heterocycles. The number of nitrogens with one attached hydrogen (secondary N) is 2. The van der Waals surface area contributed by atoms with Crippen molar-refractivity contribution < 1.29 is 0 Å². The van der Waals surface area contributed by atoms with Gasteiger partial charge in [-0.3, -0.25) is 4.68 Å². The fraction of sp³-hybridized carbons (Fsp3) is 0.462. The third kappa shape index (κ3) is 1.69. The van der Waals surface area contributed by atoms with Crippen LogP contribution in [0.1, 0.15) is 30.3 Å². The van der Waals surface area contributed by atoms with Crippen molar-refractivity contribution in [2.24, 2.45) is 7.05 Å². The number of hydrogen-bond acceptors (Lipinski definition) is 2. The van der Waals surface area contributed by atoms with Gasteiger partial charge in [0.1, 0.15) is 0 Å². The summed E-state index contributed by atoms with van der Waals surface area (Å²) in [7, 11) is 2.02. The Morgan fingerprint density at radius 1 is 1.47 bits per heavy atom.